The zero-order chi connectivity index (χ0) is 15.6. The van der Waals surface area contributed by atoms with Crippen LogP contribution in [0.1, 0.15) is 31.7 Å². The van der Waals surface area contributed by atoms with E-state index in [2.05, 4.69) is 4.98 Å². The molecule has 0 unspecified atom stereocenters. The summed E-state index contributed by atoms with van der Waals surface area (Å²) in [5, 5.41) is 0. The lowest BCUT2D eigenvalue weighted by Gasteiger charge is -2.38. The zero-order valence-corrected chi connectivity index (χ0v) is 13.1. The van der Waals surface area contributed by atoms with E-state index >= 15 is 0 Å². The maximum absolute atomic E-state index is 12.4. The molecule has 3 heterocycles. The smallest absolute Gasteiger partial charge is 0.227 e. The van der Waals surface area contributed by atoms with Gasteiger partial charge in [-0.1, -0.05) is 6.07 Å². The summed E-state index contributed by atoms with van der Waals surface area (Å²) in [5.41, 5.74) is 1.07. The van der Waals surface area contributed by atoms with Gasteiger partial charge in [0.2, 0.25) is 11.8 Å². The minimum atomic E-state index is 0.109. The van der Waals surface area contributed by atoms with Crippen LogP contribution in [0.4, 0.5) is 0 Å². The highest BCUT2D eigenvalue weighted by atomic mass is 16.2. The molecule has 1 aromatic rings. The molecule has 0 aliphatic carbocycles. The van der Waals surface area contributed by atoms with Crippen molar-refractivity contribution in [3.05, 3.63) is 30.1 Å². The van der Waals surface area contributed by atoms with Crippen LogP contribution in [0.15, 0.2) is 24.5 Å². The van der Waals surface area contributed by atoms with Crippen molar-refractivity contribution < 1.29 is 9.59 Å². The summed E-state index contributed by atoms with van der Waals surface area (Å²) < 4.78 is 0. The van der Waals surface area contributed by atoms with E-state index in [-0.39, 0.29) is 17.2 Å². The number of hydrogen-bond donors (Lipinski definition) is 0. The number of piperidine rings is 1. The highest BCUT2D eigenvalue weighted by Crippen LogP contribution is 2.40. The number of hydrogen-bond acceptors (Lipinski definition) is 3. The average Bonchev–Trinajstić information content (AvgIpc) is 2.84. The Morgan fingerprint density at radius 1 is 1.36 bits per heavy atom. The van der Waals surface area contributed by atoms with Crippen molar-refractivity contribution in [3.8, 4) is 0 Å². The molecule has 0 radical (unpaired) electrons. The minimum Gasteiger partial charge on any atom is -0.342 e. The number of carbonyl (C=O) groups is 2. The Bertz CT molecular complexity index is 550. The van der Waals surface area contributed by atoms with Crippen LogP contribution >= 0.6 is 0 Å². The number of rotatable bonds is 3. The fourth-order valence-corrected chi connectivity index (χ4v) is 3.62. The van der Waals surface area contributed by atoms with Crippen molar-refractivity contribution in [1.82, 2.24) is 14.8 Å². The lowest BCUT2D eigenvalue weighted by molar-refractivity contribution is -0.132. The summed E-state index contributed by atoms with van der Waals surface area (Å²) in [5.74, 6) is 0.442. The van der Waals surface area contributed by atoms with E-state index < -0.39 is 0 Å². The van der Waals surface area contributed by atoms with Crippen molar-refractivity contribution >= 4 is 11.8 Å². The summed E-state index contributed by atoms with van der Waals surface area (Å²) in [4.78, 5) is 32.3. The molecule has 0 saturated carbocycles. The Hall–Kier alpha value is -1.91. The molecular formula is C17H23N3O2. The van der Waals surface area contributed by atoms with Crippen molar-refractivity contribution in [2.75, 3.05) is 26.2 Å². The fraction of sp³-hybridized carbons (Fsp3) is 0.588. The van der Waals surface area contributed by atoms with E-state index in [9.17, 15) is 9.59 Å². The molecule has 0 atom stereocenters. The normalized spacial score (nSPS) is 20.7. The van der Waals surface area contributed by atoms with Crippen LogP contribution in [-0.2, 0) is 16.0 Å². The minimum absolute atomic E-state index is 0.109. The summed E-state index contributed by atoms with van der Waals surface area (Å²) in [6.45, 7) is 5.23. The number of pyridine rings is 1. The summed E-state index contributed by atoms with van der Waals surface area (Å²) in [7, 11) is 0. The second kappa shape index (κ2) is 6.07. The molecule has 2 aliphatic heterocycles. The number of amides is 2. The Balaban J connectivity index is 1.56. The molecule has 0 N–H and O–H groups in total. The van der Waals surface area contributed by atoms with E-state index in [1.54, 1.807) is 12.4 Å². The monoisotopic (exact) mass is 301 g/mol. The Morgan fingerprint density at radius 3 is 2.73 bits per heavy atom. The predicted octanol–water partition coefficient (Wildman–Crippen LogP) is 1.49. The highest BCUT2D eigenvalue weighted by Gasteiger charge is 2.44. The summed E-state index contributed by atoms with van der Waals surface area (Å²) in [6.07, 6.45) is 6.42. The molecule has 22 heavy (non-hydrogen) atoms. The van der Waals surface area contributed by atoms with E-state index in [1.165, 1.54) is 0 Å². The molecule has 0 aromatic carbocycles. The van der Waals surface area contributed by atoms with Crippen LogP contribution in [0, 0.1) is 5.41 Å². The maximum atomic E-state index is 12.4. The van der Waals surface area contributed by atoms with Gasteiger partial charge in [-0.3, -0.25) is 14.6 Å². The standard InChI is InChI=1S/C17H23N3O2/c1-2-19-13-17(11-16(19)22)5-8-20(9-6-17)15(21)10-14-4-3-7-18-12-14/h3-4,7,12H,2,5-6,8-11,13H2,1H3. The van der Waals surface area contributed by atoms with E-state index in [1.807, 2.05) is 28.9 Å². The molecule has 5 nitrogen and oxygen atoms in total. The van der Waals surface area contributed by atoms with Crippen molar-refractivity contribution in [1.29, 1.82) is 0 Å². The van der Waals surface area contributed by atoms with Gasteiger partial charge < -0.3 is 9.80 Å². The lowest BCUT2D eigenvalue weighted by atomic mass is 9.77. The van der Waals surface area contributed by atoms with Crippen LogP contribution in [0.3, 0.4) is 0 Å². The zero-order valence-electron chi connectivity index (χ0n) is 13.1. The van der Waals surface area contributed by atoms with Gasteiger partial charge >= 0.3 is 0 Å². The van der Waals surface area contributed by atoms with Gasteiger partial charge in [0.1, 0.15) is 0 Å². The largest absolute Gasteiger partial charge is 0.342 e. The van der Waals surface area contributed by atoms with Gasteiger partial charge in [-0.2, -0.15) is 0 Å². The first-order valence-electron chi connectivity index (χ1n) is 8.06. The van der Waals surface area contributed by atoms with Crippen LogP contribution in [0.25, 0.3) is 0 Å². The molecule has 2 amide bonds. The van der Waals surface area contributed by atoms with Crippen molar-refractivity contribution in [2.24, 2.45) is 5.41 Å². The van der Waals surface area contributed by atoms with Gasteiger partial charge in [0.25, 0.3) is 0 Å². The Kier molecular flexibility index (Phi) is 4.14. The SMILES string of the molecule is CCN1CC2(CCN(C(=O)Cc3cccnc3)CC2)CC1=O. The van der Waals surface area contributed by atoms with Gasteiger partial charge in [0.05, 0.1) is 6.42 Å². The number of nitrogens with zero attached hydrogens (tertiary/aromatic N) is 3. The quantitative estimate of drug-likeness (QED) is 0.850. The molecule has 2 aliphatic rings. The molecule has 3 rings (SSSR count). The van der Waals surface area contributed by atoms with E-state index in [4.69, 9.17) is 0 Å². The van der Waals surface area contributed by atoms with Gasteiger partial charge in [-0.25, -0.2) is 0 Å². The molecule has 2 fully saturated rings. The average molecular weight is 301 g/mol. The van der Waals surface area contributed by atoms with Crippen molar-refractivity contribution in [2.45, 2.75) is 32.6 Å². The second-order valence-corrected chi connectivity index (χ2v) is 6.50. The number of likely N-dealkylation sites (tertiary alicyclic amines) is 2. The molecule has 0 bridgehead atoms. The first-order valence-corrected chi connectivity index (χ1v) is 8.06. The van der Waals surface area contributed by atoms with E-state index in [0.29, 0.717) is 12.8 Å². The van der Waals surface area contributed by atoms with Gasteiger partial charge in [0, 0.05) is 50.4 Å². The molecular weight excluding hydrogens is 278 g/mol. The molecule has 118 valence electrons. The molecule has 1 spiro atoms. The van der Waals surface area contributed by atoms with E-state index in [0.717, 1.165) is 44.6 Å². The Labute approximate surface area is 131 Å². The van der Waals surface area contributed by atoms with Crippen LogP contribution in [0.5, 0.6) is 0 Å². The van der Waals surface area contributed by atoms with Gasteiger partial charge in [0.15, 0.2) is 0 Å². The molecule has 5 heteroatoms. The van der Waals surface area contributed by atoms with Crippen LogP contribution < -0.4 is 0 Å². The number of carbonyl (C=O) groups excluding carboxylic acids is 2. The maximum Gasteiger partial charge on any atom is 0.227 e. The third-order valence-corrected chi connectivity index (χ3v) is 5.04. The third-order valence-electron chi connectivity index (χ3n) is 5.04. The molecule has 1 aromatic heterocycles. The third kappa shape index (κ3) is 2.98. The lowest BCUT2D eigenvalue weighted by Crippen LogP contribution is -2.44. The first-order chi connectivity index (χ1) is 10.6. The topological polar surface area (TPSA) is 53.5 Å². The fourth-order valence-electron chi connectivity index (χ4n) is 3.62. The van der Waals surface area contributed by atoms with Crippen LogP contribution in [0.2, 0.25) is 0 Å². The van der Waals surface area contributed by atoms with Gasteiger partial charge in [-0.05, 0) is 31.4 Å². The summed E-state index contributed by atoms with van der Waals surface area (Å²) >= 11 is 0. The number of aromatic nitrogens is 1. The highest BCUT2D eigenvalue weighted by molar-refractivity contribution is 5.80. The Morgan fingerprint density at radius 2 is 2.14 bits per heavy atom. The first kappa shape index (κ1) is 15.0. The summed E-state index contributed by atoms with van der Waals surface area (Å²) in [6, 6.07) is 3.79. The second-order valence-electron chi connectivity index (χ2n) is 6.50. The van der Waals surface area contributed by atoms with Gasteiger partial charge in [-0.15, -0.1) is 0 Å². The predicted molar refractivity (Wildman–Crippen MR) is 83.1 cm³/mol. The molecule has 2 saturated heterocycles. The van der Waals surface area contributed by atoms with Crippen LogP contribution in [-0.4, -0.2) is 52.8 Å². The van der Waals surface area contributed by atoms with Crippen molar-refractivity contribution in [3.63, 3.8) is 0 Å².